The second kappa shape index (κ2) is 34.5. The summed E-state index contributed by atoms with van der Waals surface area (Å²) < 4.78 is 5.76. The molecule has 0 aliphatic rings. The molecule has 0 saturated heterocycles. The lowest BCUT2D eigenvalue weighted by molar-refractivity contribution is 1.17. The van der Waals surface area contributed by atoms with Crippen molar-refractivity contribution in [1.29, 1.82) is 0 Å². The summed E-state index contributed by atoms with van der Waals surface area (Å²) >= 11 is 24.4. The van der Waals surface area contributed by atoms with Gasteiger partial charge in [-0.3, -0.25) is 19.9 Å². The topological polar surface area (TPSA) is 77.3 Å². The van der Waals surface area contributed by atoms with Crippen LogP contribution in [0.25, 0.3) is 201 Å². The van der Waals surface area contributed by atoms with Crippen LogP contribution < -0.4 is 0 Å². The SMILES string of the molecule is Brc1cc(-c2ccccn2)ccc1-c1ccccc1-c1cc(-c2ccccc2-c2ccc(-c3ccccn3)cc2Br)cc(-c2ccccc2-c2ccc(-c3cc(-c4ccc(-c5ccccc5-c5cc(-c6ccccc6-c6ccc(-c7ccccn7)cc6Br)cc(-c6ccccc6-c6ccc(-c7ccccn7)cc6Br)c5)c(Br)c4)ncn3)cc2Br)c1. The molecule has 0 amide bonds. The van der Waals surface area contributed by atoms with Gasteiger partial charge in [0.05, 0.1) is 34.2 Å². The lowest BCUT2D eigenvalue weighted by Gasteiger charge is -2.19. The zero-order chi connectivity index (χ0) is 81.2. The zero-order valence-electron chi connectivity index (χ0n) is 64.1. The molecule has 14 aromatic carbocycles. The minimum absolute atomic E-state index is 0.790. The number of rotatable bonds is 18. The van der Waals surface area contributed by atoms with E-state index >= 15 is 0 Å². The Kier molecular flexibility index (Phi) is 22.3. The molecule has 0 aliphatic heterocycles. The van der Waals surface area contributed by atoms with Crippen LogP contribution in [0.3, 0.4) is 0 Å². The van der Waals surface area contributed by atoms with Crippen molar-refractivity contribution in [2.75, 3.05) is 0 Å². The van der Waals surface area contributed by atoms with E-state index in [-0.39, 0.29) is 0 Å². The summed E-state index contributed by atoms with van der Waals surface area (Å²) in [5.41, 5.74) is 37.1. The number of aromatic nitrogens is 6. The van der Waals surface area contributed by atoms with Crippen LogP contribution in [0.2, 0.25) is 0 Å². The molecule has 120 heavy (non-hydrogen) atoms. The number of hydrogen-bond donors (Lipinski definition) is 0. The fourth-order valence-electron chi connectivity index (χ4n) is 16.2. The van der Waals surface area contributed by atoms with Crippen LogP contribution in [0.1, 0.15) is 0 Å². The van der Waals surface area contributed by atoms with Gasteiger partial charge >= 0.3 is 0 Å². The maximum absolute atomic E-state index is 4.94. The highest BCUT2D eigenvalue weighted by atomic mass is 79.9. The monoisotopic (exact) mass is 1920 g/mol. The van der Waals surface area contributed by atoms with Crippen LogP contribution in [0.5, 0.6) is 0 Å². The Balaban J connectivity index is 0.666. The number of hydrogen-bond acceptors (Lipinski definition) is 6. The summed E-state index contributed by atoms with van der Waals surface area (Å²) in [6.07, 6.45) is 9.00. The van der Waals surface area contributed by atoms with Gasteiger partial charge in [-0.05, 0) is 261 Å². The number of benzene rings is 14. The molecule has 0 saturated carbocycles. The van der Waals surface area contributed by atoms with E-state index in [0.29, 0.717) is 0 Å². The van der Waals surface area contributed by atoms with Crippen LogP contribution in [0.15, 0.2) is 428 Å². The maximum atomic E-state index is 4.94. The van der Waals surface area contributed by atoms with Crippen LogP contribution in [-0.2, 0) is 0 Å². The van der Waals surface area contributed by atoms with E-state index in [1.165, 1.54) is 0 Å². The number of nitrogens with zero attached hydrogens (tertiary/aromatic N) is 6. The Morgan fingerprint density at radius 2 is 0.300 bits per heavy atom. The van der Waals surface area contributed by atoms with E-state index < -0.39 is 0 Å². The first-order valence-electron chi connectivity index (χ1n) is 39.1. The predicted octanol–water partition coefficient (Wildman–Crippen LogP) is 32.6. The van der Waals surface area contributed by atoms with Crippen molar-refractivity contribution in [3.8, 4) is 201 Å². The lowest BCUT2D eigenvalue weighted by atomic mass is 9.86. The van der Waals surface area contributed by atoms with Gasteiger partial charge in [-0.25, -0.2) is 9.97 Å². The standard InChI is InChI=1S/C108H66Br6N6/c109-97-59-67(103-33-13-17-49-115-103)37-43-91(97)85-27-7-1-21-79(85)73-53-74(80-22-2-8-28-86(80)92-44-38-68(60-98(92)110)104-34-14-18-50-116-104)56-77(55-73)83-25-5-11-31-89(83)95-47-41-71(63-101(95)113)107-65-108(120-66-119-107)72-42-48-96(102(114)64-72)90-32-12-6-26-84(90)78-57-75(81-23-3-9-29-87(81)93-45-39-69(61-99(93)111)105-35-15-19-51-117-105)54-76(58-78)82-24-4-10-30-88(82)94-46-40-70(62-100(94)112)106-36-16-20-52-118-106/h1-66H. The molecule has 5 aromatic heterocycles. The van der Waals surface area contributed by atoms with Gasteiger partial charge in [0.2, 0.25) is 0 Å². The quantitative estimate of drug-likeness (QED) is 0.0852. The van der Waals surface area contributed by atoms with Crippen molar-refractivity contribution in [2.24, 2.45) is 0 Å². The Labute approximate surface area is 747 Å². The van der Waals surface area contributed by atoms with E-state index in [1.54, 1.807) is 6.33 Å². The van der Waals surface area contributed by atoms with Gasteiger partial charge < -0.3 is 0 Å². The van der Waals surface area contributed by atoms with E-state index in [2.05, 4.69) is 413 Å². The van der Waals surface area contributed by atoms with Gasteiger partial charge in [-0.1, -0.05) is 338 Å². The van der Waals surface area contributed by atoms with Crippen molar-refractivity contribution in [3.63, 3.8) is 0 Å². The summed E-state index contributed by atoms with van der Waals surface area (Å²) in [7, 11) is 0. The minimum Gasteiger partial charge on any atom is -0.256 e. The Morgan fingerprint density at radius 1 is 0.125 bits per heavy atom. The van der Waals surface area contributed by atoms with Gasteiger partial charge in [-0.15, -0.1) is 0 Å². The normalized spacial score (nSPS) is 11.2. The van der Waals surface area contributed by atoms with E-state index in [4.69, 9.17) is 9.97 Å². The Morgan fingerprint density at radius 3 is 0.475 bits per heavy atom. The lowest BCUT2D eigenvalue weighted by Crippen LogP contribution is -1.94. The molecule has 0 N–H and O–H groups in total. The third-order valence-electron chi connectivity index (χ3n) is 22.0. The third kappa shape index (κ3) is 15.9. The maximum Gasteiger partial charge on any atom is 0.116 e. The van der Waals surface area contributed by atoms with Crippen LogP contribution >= 0.6 is 95.6 Å². The second-order valence-electron chi connectivity index (χ2n) is 29.2. The summed E-state index contributed by atoms with van der Waals surface area (Å²) in [6.45, 7) is 0. The molecule has 5 heterocycles. The molecule has 0 spiro atoms. The summed E-state index contributed by atoms with van der Waals surface area (Å²) in [5, 5.41) is 0. The van der Waals surface area contributed by atoms with Crippen LogP contribution in [-0.4, -0.2) is 29.9 Å². The van der Waals surface area contributed by atoms with E-state index in [9.17, 15) is 0 Å². The molecule has 19 rings (SSSR count). The summed E-state index contributed by atoms with van der Waals surface area (Å²) in [5.74, 6) is 0. The van der Waals surface area contributed by atoms with Gasteiger partial charge in [0.15, 0.2) is 0 Å². The number of halogens is 6. The molecule has 0 aliphatic carbocycles. The highest BCUT2D eigenvalue weighted by Crippen LogP contribution is 2.50. The minimum atomic E-state index is 0.790. The Bertz CT molecular complexity index is 6400. The molecule has 0 bridgehead atoms. The zero-order valence-corrected chi connectivity index (χ0v) is 73.6. The Hall–Kier alpha value is -12.4. The smallest absolute Gasteiger partial charge is 0.116 e. The number of pyridine rings is 4. The van der Waals surface area contributed by atoms with E-state index in [0.717, 1.165) is 228 Å². The molecule has 0 radical (unpaired) electrons. The van der Waals surface area contributed by atoms with Crippen molar-refractivity contribution < 1.29 is 0 Å². The predicted molar refractivity (Wildman–Crippen MR) is 517 cm³/mol. The molecule has 12 heteroatoms. The van der Waals surface area contributed by atoms with Gasteiger partial charge in [0.25, 0.3) is 0 Å². The molecule has 0 unspecified atom stereocenters. The summed E-state index contributed by atoms with van der Waals surface area (Å²) in [4.78, 5) is 28.6. The fraction of sp³-hybridized carbons (Fsp3) is 0. The van der Waals surface area contributed by atoms with Crippen molar-refractivity contribution in [2.45, 2.75) is 0 Å². The van der Waals surface area contributed by atoms with E-state index in [1.807, 2.05) is 97.6 Å². The molecule has 6 nitrogen and oxygen atoms in total. The molecule has 0 fully saturated rings. The largest absolute Gasteiger partial charge is 0.256 e. The van der Waals surface area contributed by atoms with Gasteiger partial charge in [-0.2, -0.15) is 0 Å². The highest BCUT2D eigenvalue weighted by molar-refractivity contribution is 9.11. The van der Waals surface area contributed by atoms with Crippen molar-refractivity contribution in [3.05, 3.63) is 428 Å². The van der Waals surface area contributed by atoms with Gasteiger partial charge in [0.1, 0.15) is 6.33 Å². The average molecular weight is 1930 g/mol. The average Bonchev–Trinajstić information content (AvgIpc) is 0.763. The third-order valence-corrected chi connectivity index (χ3v) is 25.9. The molecular weight excluding hydrogens is 1860 g/mol. The summed E-state index contributed by atoms with van der Waals surface area (Å²) in [6, 6.07) is 132. The van der Waals surface area contributed by atoms with Gasteiger partial charge in [0, 0.05) is 85.0 Å². The first kappa shape index (κ1) is 77.5. The van der Waals surface area contributed by atoms with Crippen molar-refractivity contribution in [1.82, 2.24) is 29.9 Å². The molecule has 19 aromatic rings. The first-order chi connectivity index (χ1) is 59.0. The molecule has 570 valence electrons. The van der Waals surface area contributed by atoms with Crippen molar-refractivity contribution >= 4 is 95.6 Å². The second-order valence-corrected chi connectivity index (χ2v) is 34.3. The first-order valence-corrected chi connectivity index (χ1v) is 43.9. The van der Waals surface area contributed by atoms with Crippen LogP contribution in [0, 0.1) is 0 Å². The molecular formula is C108H66Br6N6. The highest BCUT2D eigenvalue weighted by Gasteiger charge is 2.24. The van der Waals surface area contributed by atoms with Crippen LogP contribution in [0.4, 0.5) is 0 Å². The fourth-order valence-corrected chi connectivity index (χ4v) is 19.7. The molecule has 0 atom stereocenters.